The quantitative estimate of drug-likeness (QED) is 0.672. The van der Waals surface area contributed by atoms with Crippen LogP contribution in [0, 0.1) is 17.8 Å². The van der Waals surface area contributed by atoms with Gasteiger partial charge in [0, 0.05) is 12.5 Å². The SMILES string of the molecule is NC(=O)C[C@H](N)C1CC2CCC1C2. The highest BCUT2D eigenvalue weighted by Crippen LogP contribution is 2.49. The number of rotatable bonds is 3. The monoisotopic (exact) mass is 182 g/mol. The van der Waals surface area contributed by atoms with Crippen LogP contribution in [0.3, 0.4) is 0 Å². The molecule has 0 spiro atoms. The Bertz CT molecular complexity index is 217. The van der Waals surface area contributed by atoms with Gasteiger partial charge in [0.1, 0.15) is 0 Å². The summed E-state index contributed by atoms with van der Waals surface area (Å²) in [6, 6.07) is 0.0211. The van der Waals surface area contributed by atoms with Gasteiger partial charge < -0.3 is 11.5 Å². The normalized spacial score (nSPS) is 39.3. The standard InChI is InChI=1S/C10H18N2O/c11-9(5-10(12)13)8-4-6-1-2-7(8)3-6/h6-9H,1-5,11H2,(H2,12,13)/t6?,7?,8?,9-/m0/s1. The Kier molecular flexibility index (Phi) is 2.28. The summed E-state index contributed by atoms with van der Waals surface area (Å²) in [4.78, 5) is 10.7. The Morgan fingerprint density at radius 3 is 2.62 bits per heavy atom. The highest BCUT2D eigenvalue weighted by Gasteiger charge is 2.42. The maximum absolute atomic E-state index is 10.7. The Morgan fingerprint density at radius 2 is 2.15 bits per heavy atom. The Balaban J connectivity index is 1.91. The zero-order chi connectivity index (χ0) is 9.42. The van der Waals surface area contributed by atoms with Gasteiger partial charge in [-0.1, -0.05) is 6.42 Å². The largest absolute Gasteiger partial charge is 0.370 e. The van der Waals surface area contributed by atoms with E-state index in [1.54, 1.807) is 0 Å². The second kappa shape index (κ2) is 3.29. The Morgan fingerprint density at radius 1 is 1.38 bits per heavy atom. The average molecular weight is 182 g/mol. The van der Waals surface area contributed by atoms with Crippen LogP contribution in [0.15, 0.2) is 0 Å². The van der Waals surface area contributed by atoms with Gasteiger partial charge in [0.15, 0.2) is 0 Å². The summed E-state index contributed by atoms with van der Waals surface area (Å²) in [6.45, 7) is 0. The predicted octanol–water partition coefficient (Wildman–Crippen LogP) is 0.625. The molecule has 0 aromatic heterocycles. The zero-order valence-electron chi connectivity index (χ0n) is 7.91. The van der Waals surface area contributed by atoms with Gasteiger partial charge in [-0.3, -0.25) is 4.79 Å². The van der Waals surface area contributed by atoms with Crippen molar-refractivity contribution in [2.45, 2.75) is 38.1 Å². The van der Waals surface area contributed by atoms with Gasteiger partial charge in [0.05, 0.1) is 0 Å². The minimum absolute atomic E-state index is 0.0211. The summed E-state index contributed by atoms with van der Waals surface area (Å²) in [5.74, 6) is 2.01. The van der Waals surface area contributed by atoms with Crippen molar-refractivity contribution in [3.63, 3.8) is 0 Å². The second-order valence-corrected chi connectivity index (χ2v) is 4.67. The van der Waals surface area contributed by atoms with Crippen LogP contribution in [0.5, 0.6) is 0 Å². The van der Waals surface area contributed by atoms with Gasteiger partial charge in [-0.15, -0.1) is 0 Å². The van der Waals surface area contributed by atoms with E-state index in [-0.39, 0.29) is 11.9 Å². The number of primary amides is 1. The zero-order valence-corrected chi connectivity index (χ0v) is 7.91. The van der Waals surface area contributed by atoms with Gasteiger partial charge in [-0.2, -0.15) is 0 Å². The number of hydrogen-bond donors (Lipinski definition) is 2. The summed E-state index contributed by atoms with van der Waals surface area (Å²) in [6.07, 6.45) is 5.65. The van der Waals surface area contributed by atoms with Gasteiger partial charge in [-0.25, -0.2) is 0 Å². The molecular formula is C10H18N2O. The second-order valence-electron chi connectivity index (χ2n) is 4.67. The predicted molar refractivity (Wildman–Crippen MR) is 50.7 cm³/mol. The van der Waals surface area contributed by atoms with Crippen molar-refractivity contribution >= 4 is 5.91 Å². The summed E-state index contributed by atoms with van der Waals surface area (Å²) >= 11 is 0. The maximum Gasteiger partial charge on any atom is 0.218 e. The van der Waals surface area contributed by atoms with E-state index >= 15 is 0 Å². The first-order chi connectivity index (χ1) is 6.16. The van der Waals surface area contributed by atoms with Crippen molar-refractivity contribution in [3.8, 4) is 0 Å². The molecule has 3 heteroatoms. The molecule has 3 unspecified atom stereocenters. The lowest BCUT2D eigenvalue weighted by atomic mass is 9.82. The summed E-state index contributed by atoms with van der Waals surface area (Å²) < 4.78 is 0. The highest BCUT2D eigenvalue weighted by atomic mass is 16.1. The molecule has 4 atom stereocenters. The number of carbonyl (C=O) groups excluding carboxylic acids is 1. The van der Waals surface area contributed by atoms with Crippen molar-refractivity contribution in [3.05, 3.63) is 0 Å². The lowest BCUT2D eigenvalue weighted by Crippen LogP contribution is -2.37. The molecule has 0 aromatic carbocycles. The van der Waals surface area contributed by atoms with E-state index in [0.717, 1.165) is 11.8 Å². The first-order valence-corrected chi connectivity index (χ1v) is 5.20. The fourth-order valence-corrected chi connectivity index (χ4v) is 3.20. The molecular weight excluding hydrogens is 164 g/mol. The fourth-order valence-electron chi connectivity index (χ4n) is 3.20. The number of fused-ring (bicyclic) bond motifs is 2. The van der Waals surface area contributed by atoms with Gasteiger partial charge in [-0.05, 0) is 37.0 Å². The van der Waals surface area contributed by atoms with E-state index in [0.29, 0.717) is 12.3 Å². The molecule has 4 N–H and O–H groups in total. The van der Waals surface area contributed by atoms with E-state index in [2.05, 4.69) is 0 Å². The minimum atomic E-state index is -0.254. The van der Waals surface area contributed by atoms with Gasteiger partial charge in [0.2, 0.25) is 5.91 Å². The van der Waals surface area contributed by atoms with Gasteiger partial charge >= 0.3 is 0 Å². The summed E-state index contributed by atoms with van der Waals surface area (Å²) in [5, 5.41) is 0. The van der Waals surface area contributed by atoms with Crippen LogP contribution in [-0.2, 0) is 4.79 Å². The summed E-state index contributed by atoms with van der Waals surface area (Å²) in [5.41, 5.74) is 11.1. The third-order valence-corrected chi connectivity index (χ3v) is 3.78. The van der Waals surface area contributed by atoms with Crippen LogP contribution in [0.25, 0.3) is 0 Å². The van der Waals surface area contributed by atoms with Crippen molar-refractivity contribution in [2.75, 3.05) is 0 Å². The lowest BCUT2D eigenvalue weighted by molar-refractivity contribution is -0.118. The Hall–Kier alpha value is -0.570. The van der Waals surface area contributed by atoms with Crippen LogP contribution in [0.2, 0.25) is 0 Å². The molecule has 3 nitrogen and oxygen atoms in total. The molecule has 2 fully saturated rings. The smallest absolute Gasteiger partial charge is 0.218 e. The van der Waals surface area contributed by atoms with Crippen LogP contribution >= 0.6 is 0 Å². The molecule has 2 bridgehead atoms. The Labute approximate surface area is 78.9 Å². The van der Waals surface area contributed by atoms with Crippen molar-refractivity contribution in [1.82, 2.24) is 0 Å². The van der Waals surface area contributed by atoms with E-state index < -0.39 is 0 Å². The molecule has 0 radical (unpaired) electrons. The molecule has 0 heterocycles. The molecule has 2 rings (SSSR count). The van der Waals surface area contributed by atoms with Gasteiger partial charge in [0.25, 0.3) is 0 Å². The van der Waals surface area contributed by atoms with E-state index in [9.17, 15) is 4.79 Å². The van der Waals surface area contributed by atoms with E-state index in [1.807, 2.05) is 0 Å². The van der Waals surface area contributed by atoms with Crippen molar-refractivity contribution < 1.29 is 4.79 Å². The van der Waals surface area contributed by atoms with Crippen molar-refractivity contribution in [1.29, 1.82) is 0 Å². The fraction of sp³-hybridized carbons (Fsp3) is 0.900. The molecule has 0 aliphatic heterocycles. The number of amides is 1. The topological polar surface area (TPSA) is 69.1 Å². The molecule has 13 heavy (non-hydrogen) atoms. The molecule has 2 aliphatic carbocycles. The maximum atomic E-state index is 10.7. The molecule has 2 saturated carbocycles. The third-order valence-electron chi connectivity index (χ3n) is 3.78. The third kappa shape index (κ3) is 1.70. The number of hydrogen-bond acceptors (Lipinski definition) is 2. The molecule has 2 aliphatic rings. The van der Waals surface area contributed by atoms with E-state index in [4.69, 9.17) is 11.5 Å². The number of carbonyl (C=O) groups is 1. The van der Waals surface area contributed by atoms with Crippen molar-refractivity contribution in [2.24, 2.45) is 29.2 Å². The first kappa shape index (κ1) is 9.00. The highest BCUT2D eigenvalue weighted by molar-refractivity contribution is 5.74. The molecule has 0 saturated heterocycles. The molecule has 1 amide bonds. The number of nitrogens with two attached hydrogens (primary N) is 2. The van der Waals surface area contributed by atoms with Crippen LogP contribution in [0.1, 0.15) is 32.1 Å². The average Bonchev–Trinajstić information content (AvgIpc) is 2.62. The van der Waals surface area contributed by atoms with E-state index in [1.165, 1.54) is 25.7 Å². The lowest BCUT2D eigenvalue weighted by Gasteiger charge is -2.26. The molecule has 0 aromatic rings. The van der Waals surface area contributed by atoms with Crippen LogP contribution in [0.4, 0.5) is 0 Å². The molecule has 74 valence electrons. The first-order valence-electron chi connectivity index (χ1n) is 5.20. The minimum Gasteiger partial charge on any atom is -0.370 e. The van der Waals surface area contributed by atoms with Crippen LogP contribution in [-0.4, -0.2) is 11.9 Å². The van der Waals surface area contributed by atoms with Crippen LogP contribution < -0.4 is 11.5 Å². The summed E-state index contributed by atoms with van der Waals surface area (Å²) in [7, 11) is 0.